The lowest BCUT2D eigenvalue weighted by Crippen LogP contribution is -2.36. The van der Waals surface area contributed by atoms with E-state index in [1.54, 1.807) is 0 Å². The van der Waals surface area contributed by atoms with Crippen molar-refractivity contribution in [1.82, 2.24) is 10.6 Å². The predicted molar refractivity (Wildman–Crippen MR) is 75.0 cm³/mol. The van der Waals surface area contributed by atoms with Crippen LogP contribution in [0.2, 0.25) is 0 Å². The highest BCUT2D eigenvalue weighted by Gasteiger charge is 2.15. The molecule has 102 valence electrons. The van der Waals surface area contributed by atoms with E-state index >= 15 is 0 Å². The highest BCUT2D eigenvalue weighted by Crippen LogP contribution is 2.28. The molecule has 0 radical (unpaired) electrons. The number of primary amides is 1. The smallest absolute Gasteiger partial charge is 0.312 e. The Labute approximate surface area is 112 Å². The van der Waals surface area contributed by atoms with Crippen LogP contribution in [0.25, 0.3) is 11.0 Å². The molecule has 4 N–H and O–H groups in total. The second-order valence-corrected chi connectivity index (χ2v) is 4.55. The number of fused-ring (bicyclic) bond motifs is 1. The van der Waals surface area contributed by atoms with Crippen molar-refractivity contribution in [3.05, 3.63) is 35.6 Å². The molecule has 2 aromatic rings. The highest BCUT2D eigenvalue weighted by molar-refractivity contribution is 5.82. The fourth-order valence-electron chi connectivity index (χ4n) is 2.17. The van der Waals surface area contributed by atoms with Gasteiger partial charge in [0, 0.05) is 18.5 Å². The molecule has 19 heavy (non-hydrogen) atoms. The Bertz CT molecular complexity index is 577. The van der Waals surface area contributed by atoms with Gasteiger partial charge < -0.3 is 20.8 Å². The van der Waals surface area contributed by atoms with E-state index < -0.39 is 6.03 Å². The number of nitrogens with one attached hydrogen (secondary N) is 2. The molecule has 0 aliphatic rings. The first-order valence-electron chi connectivity index (χ1n) is 6.34. The molecule has 1 aromatic carbocycles. The normalized spacial score (nSPS) is 12.5. The topological polar surface area (TPSA) is 80.3 Å². The number of hydrogen-bond donors (Lipinski definition) is 3. The number of furan rings is 1. The molecule has 2 rings (SSSR count). The zero-order chi connectivity index (χ0) is 13.8. The van der Waals surface area contributed by atoms with Crippen LogP contribution in [0.1, 0.15) is 24.3 Å². The zero-order valence-electron chi connectivity index (χ0n) is 11.2. The van der Waals surface area contributed by atoms with E-state index in [1.807, 2.05) is 25.1 Å². The molecule has 0 bridgehead atoms. The summed E-state index contributed by atoms with van der Waals surface area (Å²) in [4.78, 5) is 10.6. The first-order valence-corrected chi connectivity index (χ1v) is 6.34. The van der Waals surface area contributed by atoms with Gasteiger partial charge in [0.05, 0.1) is 6.04 Å². The summed E-state index contributed by atoms with van der Waals surface area (Å²) < 4.78 is 5.86. The van der Waals surface area contributed by atoms with Crippen LogP contribution in [-0.4, -0.2) is 19.1 Å². The van der Waals surface area contributed by atoms with E-state index in [4.69, 9.17) is 10.2 Å². The number of benzene rings is 1. The van der Waals surface area contributed by atoms with Gasteiger partial charge in [0.15, 0.2) is 0 Å². The van der Waals surface area contributed by atoms with Crippen molar-refractivity contribution in [3.63, 3.8) is 0 Å². The average molecular weight is 261 g/mol. The summed E-state index contributed by atoms with van der Waals surface area (Å²) >= 11 is 0. The van der Waals surface area contributed by atoms with Gasteiger partial charge in [0.2, 0.25) is 0 Å². The first-order chi connectivity index (χ1) is 9.09. The summed E-state index contributed by atoms with van der Waals surface area (Å²) in [5, 5.41) is 6.97. The van der Waals surface area contributed by atoms with Gasteiger partial charge in [-0.15, -0.1) is 0 Å². The Balaban J connectivity index is 2.03. The highest BCUT2D eigenvalue weighted by atomic mass is 16.3. The van der Waals surface area contributed by atoms with Crippen molar-refractivity contribution in [3.8, 4) is 0 Å². The molecule has 1 aromatic heterocycles. The van der Waals surface area contributed by atoms with Gasteiger partial charge in [-0.3, -0.25) is 0 Å². The number of rotatable bonds is 5. The van der Waals surface area contributed by atoms with Crippen LogP contribution in [0, 0.1) is 6.92 Å². The summed E-state index contributed by atoms with van der Waals surface area (Å²) in [6.45, 7) is 5.23. The summed E-state index contributed by atoms with van der Waals surface area (Å²) in [5.41, 5.74) is 7.05. The van der Waals surface area contributed by atoms with Crippen molar-refractivity contribution in [2.24, 2.45) is 5.73 Å². The minimum Gasteiger partial charge on any atom is -0.459 e. The maximum atomic E-state index is 10.6. The van der Waals surface area contributed by atoms with E-state index in [-0.39, 0.29) is 6.04 Å². The van der Waals surface area contributed by atoms with Crippen LogP contribution in [0.15, 0.2) is 28.7 Å². The lowest BCUT2D eigenvalue weighted by atomic mass is 10.1. The third-order valence-electron chi connectivity index (χ3n) is 3.15. The van der Waals surface area contributed by atoms with Crippen LogP contribution in [0.3, 0.4) is 0 Å². The fourth-order valence-corrected chi connectivity index (χ4v) is 2.17. The molecule has 1 unspecified atom stereocenters. The average Bonchev–Trinajstić information content (AvgIpc) is 2.72. The third kappa shape index (κ3) is 3.06. The van der Waals surface area contributed by atoms with Crippen molar-refractivity contribution in [2.75, 3.05) is 13.1 Å². The van der Waals surface area contributed by atoms with E-state index in [1.165, 1.54) is 0 Å². The van der Waals surface area contributed by atoms with Crippen LogP contribution >= 0.6 is 0 Å². The lowest BCUT2D eigenvalue weighted by Gasteiger charge is -2.12. The first kappa shape index (κ1) is 13.4. The lowest BCUT2D eigenvalue weighted by molar-refractivity contribution is 0.248. The Kier molecular flexibility index (Phi) is 4.06. The number of aryl methyl sites for hydroxylation is 1. The predicted octanol–water partition coefficient (Wildman–Crippen LogP) is 2.06. The van der Waals surface area contributed by atoms with Crippen LogP contribution in [0.5, 0.6) is 0 Å². The minimum atomic E-state index is -0.505. The number of nitrogens with two attached hydrogens (primary N) is 1. The fraction of sp³-hybridized carbons (Fsp3) is 0.357. The second kappa shape index (κ2) is 5.75. The van der Waals surface area contributed by atoms with E-state index in [9.17, 15) is 4.79 Å². The Hall–Kier alpha value is -2.01. The van der Waals surface area contributed by atoms with E-state index in [0.29, 0.717) is 13.1 Å². The molecule has 5 nitrogen and oxygen atoms in total. The third-order valence-corrected chi connectivity index (χ3v) is 3.15. The van der Waals surface area contributed by atoms with Gasteiger partial charge in [-0.25, -0.2) is 4.79 Å². The zero-order valence-corrected chi connectivity index (χ0v) is 11.2. The molecule has 0 fully saturated rings. The van der Waals surface area contributed by atoms with E-state index in [0.717, 1.165) is 22.3 Å². The maximum Gasteiger partial charge on any atom is 0.312 e. The molecule has 2 amide bonds. The van der Waals surface area contributed by atoms with Gasteiger partial charge in [-0.1, -0.05) is 18.2 Å². The summed E-state index contributed by atoms with van der Waals surface area (Å²) in [6, 6.07) is 7.57. The van der Waals surface area contributed by atoms with Crippen molar-refractivity contribution >= 4 is 17.0 Å². The number of carbonyl (C=O) groups is 1. The molecular weight excluding hydrogens is 242 g/mol. The molecule has 1 heterocycles. The van der Waals surface area contributed by atoms with Crippen molar-refractivity contribution in [1.29, 1.82) is 0 Å². The molecule has 1 atom stereocenters. The standard InChI is InChI=1S/C14H19N3O2/c1-9-11-5-3-4-6-12(11)19-13(9)10(2)16-7-8-17-14(15)18/h3-6,10,16H,7-8H2,1-2H3,(H3,15,17,18). The van der Waals surface area contributed by atoms with Gasteiger partial charge in [-0.2, -0.15) is 0 Å². The van der Waals surface area contributed by atoms with Gasteiger partial charge in [-0.05, 0) is 25.5 Å². The Morgan fingerprint density at radius 1 is 1.37 bits per heavy atom. The molecule has 0 aliphatic heterocycles. The molecule has 5 heteroatoms. The van der Waals surface area contributed by atoms with Crippen LogP contribution in [0.4, 0.5) is 4.79 Å². The van der Waals surface area contributed by atoms with Crippen LogP contribution < -0.4 is 16.4 Å². The molecule has 0 aliphatic carbocycles. The van der Waals surface area contributed by atoms with Gasteiger partial charge in [0.1, 0.15) is 11.3 Å². The number of amides is 2. The minimum absolute atomic E-state index is 0.0853. The quantitative estimate of drug-likeness (QED) is 0.721. The molecule has 0 spiro atoms. The summed E-state index contributed by atoms with van der Waals surface area (Å²) in [7, 11) is 0. The number of para-hydroxylation sites is 1. The monoisotopic (exact) mass is 261 g/mol. The van der Waals surface area contributed by atoms with Gasteiger partial charge >= 0.3 is 6.03 Å². The maximum absolute atomic E-state index is 10.6. The largest absolute Gasteiger partial charge is 0.459 e. The Morgan fingerprint density at radius 2 is 2.11 bits per heavy atom. The second-order valence-electron chi connectivity index (χ2n) is 4.55. The number of urea groups is 1. The number of hydrogen-bond acceptors (Lipinski definition) is 3. The molecular formula is C14H19N3O2. The SMILES string of the molecule is Cc1c(C(C)NCCNC(N)=O)oc2ccccc12. The van der Waals surface area contributed by atoms with Crippen LogP contribution in [-0.2, 0) is 0 Å². The van der Waals surface area contributed by atoms with Gasteiger partial charge in [0.25, 0.3) is 0 Å². The molecule has 0 saturated carbocycles. The summed E-state index contributed by atoms with van der Waals surface area (Å²) in [6.07, 6.45) is 0. The number of carbonyl (C=O) groups excluding carboxylic acids is 1. The van der Waals surface area contributed by atoms with Crippen molar-refractivity contribution in [2.45, 2.75) is 19.9 Å². The van der Waals surface area contributed by atoms with Crippen molar-refractivity contribution < 1.29 is 9.21 Å². The summed E-state index contributed by atoms with van der Waals surface area (Å²) in [5.74, 6) is 0.931. The molecule has 0 saturated heterocycles. The van der Waals surface area contributed by atoms with E-state index in [2.05, 4.69) is 23.6 Å². The Morgan fingerprint density at radius 3 is 2.79 bits per heavy atom.